The zero-order chi connectivity index (χ0) is 15.1. The average molecular weight is 271 g/mol. The molecule has 0 unspecified atom stereocenters. The van der Waals surface area contributed by atoms with Crippen LogP contribution in [0.4, 0.5) is 4.39 Å². The molecule has 0 spiro atoms. The summed E-state index contributed by atoms with van der Waals surface area (Å²) in [6.45, 7) is 11.8. The molecule has 0 aliphatic heterocycles. The highest BCUT2D eigenvalue weighted by atomic mass is 19.1. The van der Waals surface area contributed by atoms with Crippen LogP contribution in [0.15, 0.2) is 12.6 Å². The van der Waals surface area contributed by atoms with E-state index in [1.807, 2.05) is 33.9 Å². The van der Waals surface area contributed by atoms with E-state index < -0.39 is 0 Å². The lowest BCUT2D eigenvalue weighted by atomic mass is 10.2. The van der Waals surface area contributed by atoms with E-state index >= 15 is 0 Å². The number of aromatic nitrogens is 2. The Bertz CT molecular complexity index is 306. The highest BCUT2D eigenvalue weighted by molar-refractivity contribution is 5.57. The Morgan fingerprint density at radius 2 is 2.00 bits per heavy atom. The maximum absolute atomic E-state index is 11.0. The number of unbranched alkanes of at least 4 members (excludes halogenated alkanes) is 1. The number of aryl methyl sites for hydroxylation is 1. The van der Waals surface area contributed by atoms with Crippen molar-refractivity contribution >= 4 is 5.70 Å². The summed E-state index contributed by atoms with van der Waals surface area (Å²) in [5.41, 5.74) is 2.93. The van der Waals surface area contributed by atoms with Crippen molar-refractivity contribution < 1.29 is 4.39 Å². The highest BCUT2D eigenvalue weighted by Crippen LogP contribution is 2.08. The molecular weight excluding hydrogens is 241 g/mol. The lowest BCUT2D eigenvalue weighted by molar-refractivity contribution is 0.469. The van der Waals surface area contributed by atoms with Crippen molar-refractivity contribution in [2.75, 3.05) is 13.7 Å². The molecule has 1 rings (SSSR count). The van der Waals surface area contributed by atoms with Gasteiger partial charge in [-0.25, -0.2) is 0 Å². The molecule has 0 aliphatic carbocycles. The van der Waals surface area contributed by atoms with Crippen LogP contribution < -0.4 is 5.32 Å². The topological polar surface area (TPSA) is 40.7 Å². The zero-order valence-corrected chi connectivity index (χ0v) is 13.1. The van der Waals surface area contributed by atoms with E-state index in [2.05, 4.69) is 29.0 Å². The Labute approximate surface area is 117 Å². The molecule has 19 heavy (non-hydrogen) atoms. The van der Waals surface area contributed by atoms with Crippen molar-refractivity contribution in [1.29, 1.82) is 0 Å². The molecule has 0 saturated heterocycles. The van der Waals surface area contributed by atoms with Crippen molar-refractivity contribution in [2.24, 2.45) is 0 Å². The first kappa shape index (κ1) is 20.0. The summed E-state index contributed by atoms with van der Waals surface area (Å²) < 4.78 is 11.0. The van der Waals surface area contributed by atoms with E-state index in [9.17, 15) is 4.39 Å². The van der Waals surface area contributed by atoms with Crippen molar-refractivity contribution in [1.82, 2.24) is 15.5 Å². The second-order valence-corrected chi connectivity index (χ2v) is 3.80. The second kappa shape index (κ2) is 14.7. The number of hydrogen-bond donors (Lipinski definition) is 2. The maximum atomic E-state index is 11.0. The minimum absolute atomic E-state index is 0.156. The number of nitrogens with zero attached hydrogens (tertiary/aromatic N) is 1. The van der Waals surface area contributed by atoms with Crippen molar-refractivity contribution in [3.63, 3.8) is 0 Å². The lowest BCUT2D eigenvalue weighted by Gasteiger charge is -1.96. The van der Waals surface area contributed by atoms with Gasteiger partial charge in [0.2, 0.25) is 0 Å². The molecule has 0 amide bonds. The normalized spacial score (nSPS) is 8.74. The van der Waals surface area contributed by atoms with Crippen LogP contribution in [0.1, 0.15) is 58.3 Å². The molecule has 0 saturated carbocycles. The van der Waals surface area contributed by atoms with Crippen LogP contribution in [0.5, 0.6) is 0 Å². The third-order valence-electron chi connectivity index (χ3n) is 2.25. The van der Waals surface area contributed by atoms with E-state index in [4.69, 9.17) is 0 Å². The van der Waals surface area contributed by atoms with Gasteiger partial charge in [0.05, 0.1) is 12.4 Å². The summed E-state index contributed by atoms with van der Waals surface area (Å²) in [6, 6.07) is 2.03. The number of halogens is 1. The van der Waals surface area contributed by atoms with E-state index in [0.717, 1.165) is 37.1 Å². The predicted molar refractivity (Wildman–Crippen MR) is 82.9 cm³/mol. The van der Waals surface area contributed by atoms with Crippen LogP contribution in [0.2, 0.25) is 0 Å². The van der Waals surface area contributed by atoms with Gasteiger partial charge >= 0.3 is 0 Å². The van der Waals surface area contributed by atoms with Crippen LogP contribution in [0.3, 0.4) is 0 Å². The Kier molecular flexibility index (Phi) is 15.5. The van der Waals surface area contributed by atoms with Gasteiger partial charge in [-0.2, -0.15) is 5.10 Å². The Morgan fingerprint density at radius 3 is 2.37 bits per heavy atom. The Balaban J connectivity index is 0. The molecule has 1 aromatic rings. The van der Waals surface area contributed by atoms with Gasteiger partial charge in [0.25, 0.3) is 0 Å². The summed E-state index contributed by atoms with van der Waals surface area (Å²) >= 11 is 0. The third kappa shape index (κ3) is 10.3. The lowest BCUT2D eigenvalue weighted by Crippen LogP contribution is -2.02. The molecule has 3 nitrogen and oxygen atoms in total. The third-order valence-corrected chi connectivity index (χ3v) is 2.25. The van der Waals surface area contributed by atoms with Gasteiger partial charge in [-0.1, -0.05) is 47.1 Å². The minimum atomic E-state index is -0.156. The standard InChI is InChI=1S/C9H15N3.C4H9F.C2H6/c1-4-5-8-6-9(12-11-8)7(2)10-3;1-2-3-4-5;1-2/h6,10H,2,4-5H2,1,3H3,(H,11,12);2-4H2,1H3;1-2H3. The highest BCUT2D eigenvalue weighted by Gasteiger charge is 2.01. The SMILES string of the molecule is C=C(NC)c1cc(CCC)[nH]n1.CC.CCCCF. The molecular formula is C15H30FN3. The van der Waals surface area contributed by atoms with Crippen LogP contribution in [-0.2, 0) is 6.42 Å². The summed E-state index contributed by atoms with van der Waals surface area (Å²) in [7, 11) is 1.84. The fraction of sp³-hybridized carbons (Fsp3) is 0.667. The van der Waals surface area contributed by atoms with Crippen molar-refractivity contribution in [3.05, 3.63) is 24.0 Å². The molecule has 0 radical (unpaired) electrons. The molecule has 0 aromatic carbocycles. The van der Waals surface area contributed by atoms with Crippen molar-refractivity contribution in [2.45, 2.75) is 53.4 Å². The smallest absolute Gasteiger partial charge is 0.108 e. The van der Waals surface area contributed by atoms with Gasteiger partial charge in [0, 0.05) is 12.7 Å². The average Bonchev–Trinajstić information content (AvgIpc) is 2.91. The summed E-state index contributed by atoms with van der Waals surface area (Å²) in [6.07, 6.45) is 3.87. The molecule has 1 aromatic heterocycles. The van der Waals surface area contributed by atoms with Crippen LogP contribution in [-0.4, -0.2) is 23.9 Å². The molecule has 112 valence electrons. The van der Waals surface area contributed by atoms with E-state index in [1.165, 1.54) is 5.69 Å². The summed E-state index contributed by atoms with van der Waals surface area (Å²) in [5, 5.41) is 10.0. The van der Waals surface area contributed by atoms with Gasteiger partial charge in [-0.15, -0.1) is 0 Å². The molecule has 0 bridgehead atoms. The van der Waals surface area contributed by atoms with Crippen LogP contribution >= 0.6 is 0 Å². The monoisotopic (exact) mass is 271 g/mol. The van der Waals surface area contributed by atoms with Gasteiger partial charge < -0.3 is 5.32 Å². The minimum Gasteiger partial charge on any atom is -0.387 e. The number of rotatable bonds is 6. The molecule has 1 heterocycles. The van der Waals surface area contributed by atoms with E-state index in [0.29, 0.717) is 0 Å². The number of nitrogens with one attached hydrogen (secondary N) is 2. The van der Waals surface area contributed by atoms with Gasteiger partial charge in [-0.3, -0.25) is 9.49 Å². The number of aromatic amines is 1. The van der Waals surface area contributed by atoms with Crippen LogP contribution in [0, 0.1) is 0 Å². The molecule has 0 atom stereocenters. The summed E-state index contributed by atoms with van der Waals surface area (Å²) in [4.78, 5) is 0. The maximum Gasteiger partial charge on any atom is 0.108 e. The Morgan fingerprint density at radius 1 is 1.37 bits per heavy atom. The van der Waals surface area contributed by atoms with E-state index in [1.54, 1.807) is 0 Å². The quantitative estimate of drug-likeness (QED) is 0.808. The zero-order valence-electron chi connectivity index (χ0n) is 13.1. The molecule has 2 N–H and O–H groups in total. The van der Waals surface area contributed by atoms with Crippen molar-refractivity contribution in [3.8, 4) is 0 Å². The molecule has 0 aliphatic rings. The summed E-state index contributed by atoms with van der Waals surface area (Å²) in [5.74, 6) is 0. The number of hydrogen-bond acceptors (Lipinski definition) is 2. The second-order valence-electron chi connectivity index (χ2n) is 3.80. The first-order valence-electron chi connectivity index (χ1n) is 7.16. The molecule has 4 heteroatoms. The van der Waals surface area contributed by atoms with Gasteiger partial charge in [0.1, 0.15) is 5.69 Å². The fourth-order valence-corrected chi connectivity index (χ4v) is 1.18. The fourth-order valence-electron chi connectivity index (χ4n) is 1.18. The van der Waals surface area contributed by atoms with Crippen LogP contribution in [0.25, 0.3) is 5.70 Å². The predicted octanol–water partition coefficient (Wildman–Crippen LogP) is 4.33. The van der Waals surface area contributed by atoms with Gasteiger partial charge in [0.15, 0.2) is 0 Å². The van der Waals surface area contributed by atoms with E-state index in [-0.39, 0.29) is 6.67 Å². The first-order chi connectivity index (χ1) is 9.19. The number of H-pyrrole nitrogens is 1. The Hall–Kier alpha value is -1.32. The molecule has 0 fully saturated rings. The number of alkyl halides is 1. The largest absolute Gasteiger partial charge is 0.387 e. The first-order valence-corrected chi connectivity index (χ1v) is 7.16. The van der Waals surface area contributed by atoms with Gasteiger partial charge in [-0.05, 0) is 18.9 Å².